The highest BCUT2D eigenvalue weighted by Crippen LogP contribution is 2.38. The number of fused-ring (bicyclic) bond motifs is 3. The lowest BCUT2D eigenvalue weighted by atomic mass is 9.88. The summed E-state index contributed by atoms with van der Waals surface area (Å²) < 4.78 is 2.06. The molecule has 0 bridgehead atoms. The van der Waals surface area contributed by atoms with Crippen molar-refractivity contribution < 1.29 is 5.11 Å². The molecule has 0 saturated heterocycles. The Balaban J connectivity index is 2.14. The minimum atomic E-state index is 0.0240. The van der Waals surface area contributed by atoms with Crippen LogP contribution in [0.4, 0.5) is 0 Å². The fraction of sp³-hybridized carbons (Fsp3) is 0.190. The third-order valence-corrected chi connectivity index (χ3v) is 4.85. The van der Waals surface area contributed by atoms with Crippen LogP contribution in [0.3, 0.4) is 0 Å². The summed E-state index contributed by atoms with van der Waals surface area (Å²) in [7, 11) is 0. The monoisotopic (exact) mass is 350 g/mol. The highest BCUT2D eigenvalue weighted by molar-refractivity contribution is 6.38. The van der Waals surface area contributed by atoms with Gasteiger partial charge in [0.05, 0.1) is 16.1 Å². The maximum absolute atomic E-state index is 10.1. The number of phenolic OH excluding ortho intramolecular Hbond substituents is 1. The van der Waals surface area contributed by atoms with E-state index in [4.69, 9.17) is 11.6 Å². The van der Waals surface area contributed by atoms with Gasteiger partial charge in [-0.2, -0.15) is 0 Å². The van der Waals surface area contributed by atoms with Crippen molar-refractivity contribution >= 4 is 33.4 Å². The van der Waals surface area contributed by atoms with Crippen molar-refractivity contribution in [3.05, 3.63) is 65.3 Å². The minimum Gasteiger partial charge on any atom is -0.508 e. The van der Waals surface area contributed by atoms with E-state index >= 15 is 0 Å². The zero-order chi connectivity index (χ0) is 17.8. The van der Waals surface area contributed by atoms with Crippen LogP contribution < -0.4 is 0 Å². The molecule has 0 atom stereocenters. The van der Waals surface area contributed by atoms with Gasteiger partial charge in [0.25, 0.3) is 0 Å². The third-order valence-electron chi connectivity index (χ3n) is 4.55. The number of pyridine rings is 1. The van der Waals surface area contributed by atoms with Gasteiger partial charge in [0, 0.05) is 23.0 Å². The summed E-state index contributed by atoms with van der Waals surface area (Å²) in [5.41, 5.74) is 3.10. The van der Waals surface area contributed by atoms with E-state index in [0.717, 1.165) is 27.6 Å². The van der Waals surface area contributed by atoms with Crippen molar-refractivity contribution in [3.63, 3.8) is 0 Å². The van der Waals surface area contributed by atoms with Crippen LogP contribution in [0.15, 0.2) is 54.7 Å². The quantitative estimate of drug-likeness (QED) is 0.468. The number of hydrogen-bond donors (Lipinski definition) is 1. The van der Waals surface area contributed by atoms with Crippen molar-refractivity contribution in [2.24, 2.45) is 0 Å². The van der Waals surface area contributed by atoms with E-state index < -0.39 is 0 Å². The van der Waals surface area contributed by atoms with Crippen LogP contribution in [0.1, 0.15) is 26.3 Å². The first-order chi connectivity index (χ1) is 11.9. The van der Waals surface area contributed by atoms with Gasteiger partial charge in [0.2, 0.25) is 0 Å². The molecule has 126 valence electrons. The Labute approximate surface area is 151 Å². The molecule has 0 aliphatic rings. The Morgan fingerprint density at radius 3 is 2.52 bits per heavy atom. The van der Waals surface area contributed by atoms with Gasteiger partial charge in [0.15, 0.2) is 0 Å². The van der Waals surface area contributed by atoms with Gasteiger partial charge in [-0.3, -0.25) is 4.57 Å². The number of benzene rings is 2. The van der Waals surface area contributed by atoms with Gasteiger partial charge in [0.1, 0.15) is 11.6 Å². The van der Waals surface area contributed by atoms with E-state index in [0.29, 0.717) is 5.02 Å². The molecule has 0 spiro atoms. The normalized spacial score (nSPS) is 12.2. The van der Waals surface area contributed by atoms with Crippen LogP contribution in [0.5, 0.6) is 5.75 Å². The summed E-state index contributed by atoms with van der Waals surface area (Å²) in [6, 6.07) is 15.6. The number of aromatic nitrogens is 2. The van der Waals surface area contributed by atoms with Gasteiger partial charge >= 0.3 is 0 Å². The molecule has 0 aliphatic heterocycles. The number of aromatic hydroxyl groups is 1. The predicted molar refractivity (Wildman–Crippen MR) is 104 cm³/mol. The zero-order valence-corrected chi connectivity index (χ0v) is 15.2. The van der Waals surface area contributed by atoms with E-state index in [9.17, 15) is 5.11 Å². The molecule has 0 unspecified atom stereocenters. The maximum Gasteiger partial charge on any atom is 0.137 e. The van der Waals surface area contributed by atoms with Crippen LogP contribution in [-0.4, -0.2) is 14.7 Å². The SMILES string of the molecule is CC(C)(C)c1ccnc(-n2c3ccccc3c3c(Cl)cc(O)cc32)c1. The fourth-order valence-electron chi connectivity index (χ4n) is 3.29. The Bertz CT molecular complexity index is 1110. The number of halogens is 1. The largest absolute Gasteiger partial charge is 0.508 e. The highest BCUT2D eigenvalue weighted by atomic mass is 35.5. The second-order valence-corrected chi connectivity index (χ2v) is 7.73. The zero-order valence-electron chi connectivity index (χ0n) is 14.4. The summed E-state index contributed by atoms with van der Waals surface area (Å²) in [6.07, 6.45) is 1.83. The molecule has 0 saturated carbocycles. The lowest BCUT2D eigenvalue weighted by Crippen LogP contribution is -2.12. The summed E-state index contributed by atoms with van der Waals surface area (Å²) in [4.78, 5) is 4.59. The molecular weight excluding hydrogens is 332 g/mol. The Morgan fingerprint density at radius 1 is 1.00 bits per heavy atom. The molecule has 1 N–H and O–H groups in total. The Kier molecular flexibility index (Phi) is 3.51. The van der Waals surface area contributed by atoms with E-state index in [1.807, 2.05) is 36.5 Å². The molecule has 2 aromatic carbocycles. The summed E-state index contributed by atoms with van der Waals surface area (Å²) in [5.74, 6) is 0.967. The molecule has 3 nitrogen and oxygen atoms in total. The fourth-order valence-corrected chi connectivity index (χ4v) is 3.60. The first kappa shape index (κ1) is 16.0. The lowest BCUT2D eigenvalue weighted by molar-refractivity contribution is 0.476. The average molecular weight is 351 g/mol. The van der Waals surface area contributed by atoms with Crippen LogP contribution in [0.25, 0.3) is 27.6 Å². The molecule has 0 radical (unpaired) electrons. The molecule has 4 aromatic rings. The average Bonchev–Trinajstić information content (AvgIpc) is 2.88. The molecular formula is C21H19ClN2O. The first-order valence-electron chi connectivity index (χ1n) is 8.25. The van der Waals surface area contributed by atoms with Gasteiger partial charge in [-0.25, -0.2) is 4.98 Å². The van der Waals surface area contributed by atoms with E-state index in [2.05, 4.69) is 36.4 Å². The highest BCUT2D eigenvalue weighted by Gasteiger charge is 2.19. The summed E-state index contributed by atoms with van der Waals surface area (Å²) in [6.45, 7) is 6.54. The summed E-state index contributed by atoms with van der Waals surface area (Å²) >= 11 is 6.45. The van der Waals surface area contributed by atoms with Crippen LogP contribution >= 0.6 is 11.6 Å². The predicted octanol–water partition coefficient (Wildman–Crippen LogP) is 5.84. The maximum atomic E-state index is 10.1. The third kappa shape index (κ3) is 2.56. The smallest absolute Gasteiger partial charge is 0.137 e. The van der Waals surface area contributed by atoms with E-state index in [1.54, 1.807) is 12.1 Å². The van der Waals surface area contributed by atoms with Crippen LogP contribution in [0.2, 0.25) is 5.02 Å². The molecule has 4 rings (SSSR count). The van der Waals surface area contributed by atoms with Crippen molar-refractivity contribution in [1.82, 2.24) is 9.55 Å². The van der Waals surface area contributed by atoms with Crippen molar-refractivity contribution in [2.75, 3.05) is 0 Å². The Morgan fingerprint density at radius 2 is 1.76 bits per heavy atom. The van der Waals surface area contributed by atoms with Gasteiger partial charge in [-0.1, -0.05) is 50.6 Å². The molecule has 25 heavy (non-hydrogen) atoms. The topological polar surface area (TPSA) is 38.0 Å². The van der Waals surface area contributed by atoms with Crippen LogP contribution in [-0.2, 0) is 5.41 Å². The second-order valence-electron chi connectivity index (χ2n) is 7.33. The van der Waals surface area contributed by atoms with Gasteiger partial charge < -0.3 is 5.11 Å². The van der Waals surface area contributed by atoms with Crippen molar-refractivity contribution in [2.45, 2.75) is 26.2 Å². The number of phenols is 1. The van der Waals surface area contributed by atoms with Crippen molar-refractivity contribution in [1.29, 1.82) is 0 Å². The van der Waals surface area contributed by atoms with E-state index in [1.165, 1.54) is 5.56 Å². The number of rotatable bonds is 1. The van der Waals surface area contributed by atoms with Crippen LogP contribution in [0, 0.1) is 0 Å². The Hall–Kier alpha value is -2.52. The lowest BCUT2D eigenvalue weighted by Gasteiger charge is -2.20. The standard InChI is InChI=1S/C21H19ClN2O/c1-21(2,3)13-8-9-23-19(10-13)24-17-7-5-4-6-15(17)20-16(22)11-14(25)12-18(20)24/h4-12,25H,1-3H3. The molecule has 2 heterocycles. The molecule has 4 heteroatoms. The molecule has 2 aromatic heterocycles. The first-order valence-corrected chi connectivity index (χ1v) is 8.62. The van der Waals surface area contributed by atoms with Crippen molar-refractivity contribution in [3.8, 4) is 11.6 Å². The molecule has 0 aliphatic carbocycles. The number of hydrogen-bond acceptors (Lipinski definition) is 2. The van der Waals surface area contributed by atoms with E-state index in [-0.39, 0.29) is 11.2 Å². The minimum absolute atomic E-state index is 0.0240. The number of para-hydroxylation sites is 1. The second kappa shape index (κ2) is 5.50. The molecule has 0 fully saturated rings. The summed E-state index contributed by atoms with van der Waals surface area (Å²) in [5, 5.41) is 12.6. The number of nitrogens with zero attached hydrogens (tertiary/aromatic N) is 2. The van der Waals surface area contributed by atoms with Gasteiger partial charge in [-0.15, -0.1) is 0 Å². The molecule has 0 amide bonds. The van der Waals surface area contributed by atoms with Gasteiger partial charge in [-0.05, 0) is 35.2 Å².